The first-order valence-corrected chi connectivity index (χ1v) is 9.84. The molecule has 2 aliphatic heterocycles. The number of aliphatic hydroxyl groups is 1. The number of amides is 1. The number of carbonyl (C=O) groups is 1. The van der Waals surface area contributed by atoms with Gasteiger partial charge in [-0.1, -0.05) is 6.07 Å². The Morgan fingerprint density at radius 2 is 2.12 bits per heavy atom. The van der Waals surface area contributed by atoms with Gasteiger partial charge in [-0.3, -0.25) is 9.78 Å². The lowest BCUT2D eigenvalue weighted by Crippen LogP contribution is -2.50. The summed E-state index contributed by atoms with van der Waals surface area (Å²) in [4.78, 5) is 21.1. The van der Waals surface area contributed by atoms with E-state index in [1.54, 1.807) is 0 Å². The van der Waals surface area contributed by atoms with E-state index in [9.17, 15) is 9.90 Å². The van der Waals surface area contributed by atoms with E-state index in [1.807, 2.05) is 29.3 Å². The molecule has 2 fully saturated rings. The van der Waals surface area contributed by atoms with Crippen LogP contribution in [0.5, 0.6) is 0 Å². The van der Waals surface area contributed by atoms with Crippen LogP contribution < -0.4 is 0 Å². The molecule has 144 valence electrons. The number of likely N-dealkylation sites (tertiary alicyclic amines) is 1. The molecule has 0 saturated carbocycles. The van der Waals surface area contributed by atoms with Gasteiger partial charge in [0.1, 0.15) is 0 Å². The van der Waals surface area contributed by atoms with Crippen LogP contribution in [0, 0.1) is 0 Å². The lowest BCUT2D eigenvalue weighted by atomic mass is 9.98. The van der Waals surface area contributed by atoms with Gasteiger partial charge in [0.25, 0.3) is 5.91 Å². The van der Waals surface area contributed by atoms with E-state index in [0.717, 1.165) is 64.0 Å². The molecule has 0 unspecified atom stereocenters. The number of aromatic nitrogens is 1. The molecule has 0 aromatic carbocycles. The first kappa shape index (κ1) is 19.3. The van der Waals surface area contributed by atoms with Gasteiger partial charge in [-0.25, -0.2) is 0 Å². The van der Waals surface area contributed by atoms with Crippen molar-refractivity contribution in [1.82, 2.24) is 14.8 Å². The van der Waals surface area contributed by atoms with Gasteiger partial charge in [0.2, 0.25) is 0 Å². The molecule has 26 heavy (non-hydrogen) atoms. The van der Waals surface area contributed by atoms with E-state index in [0.29, 0.717) is 6.42 Å². The number of rotatable bonds is 7. The van der Waals surface area contributed by atoms with Gasteiger partial charge in [-0.2, -0.15) is 0 Å². The fourth-order valence-corrected chi connectivity index (χ4v) is 3.75. The normalized spacial score (nSPS) is 26.4. The molecule has 6 nitrogen and oxygen atoms in total. The molecule has 3 heterocycles. The van der Waals surface area contributed by atoms with Crippen LogP contribution in [-0.2, 0) is 16.0 Å². The van der Waals surface area contributed by atoms with E-state index in [2.05, 4.69) is 16.9 Å². The van der Waals surface area contributed by atoms with Crippen molar-refractivity contribution in [1.29, 1.82) is 0 Å². The summed E-state index contributed by atoms with van der Waals surface area (Å²) in [5.41, 5.74) is 1.10. The topological polar surface area (TPSA) is 65.9 Å². The summed E-state index contributed by atoms with van der Waals surface area (Å²) in [6, 6.07) is 6.00. The minimum Gasteiger partial charge on any atom is -0.390 e. The first-order valence-electron chi connectivity index (χ1n) is 9.84. The van der Waals surface area contributed by atoms with Crippen molar-refractivity contribution < 1.29 is 14.6 Å². The van der Waals surface area contributed by atoms with Crippen LogP contribution in [0.4, 0.5) is 0 Å². The molecule has 0 bridgehead atoms. The zero-order chi connectivity index (χ0) is 18.4. The minimum absolute atomic E-state index is 0.0248. The Balaban J connectivity index is 1.42. The summed E-state index contributed by atoms with van der Waals surface area (Å²) < 4.78 is 6.01. The average Bonchev–Trinajstić information content (AvgIpc) is 3.21. The Hall–Kier alpha value is -1.50. The molecule has 6 heteroatoms. The largest absolute Gasteiger partial charge is 0.390 e. The number of likely N-dealkylation sites (N-methyl/N-ethyl adjacent to an activating group) is 1. The standard InChI is InChI=1S/C20H31N3O3/c1-22(14-9-16-6-2-3-11-21-16)15-10-17-7-8-18(24)19(26-17)20(25)23-12-4-5-13-23/h2-3,6,11,17-19,24H,4-5,7-10,12-15H2,1H3/t17-,18+,19+/m1/s1. The second-order valence-corrected chi connectivity index (χ2v) is 7.52. The second-order valence-electron chi connectivity index (χ2n) is 7.52. The zero-order valence-electron chi connectivity index (χ0n) is 15.7. The molecule has 1 amide bonds. The molecule has 3 rings (SSSR count). The van der Waals surface area contributed by atoms with Crippen molar-refractivity contribution in [3.8, 4) is 0 Å². The van der Waals surface area contributed by atoms with Gasteiger partial charge in [-0.15, -0.1) is 0 Å². The Labute approximate surface area is 156 Å². The van der Waals surface area contributed by atoms with Gasteiger partial charge in [-0.05, 0) is 51.3 Å². The smallest absolute Gasteiger partial charge is 0.254 e. The average molecular weight is 361 g/mol. The quantitative estimate of drug-likeness (QED) is 0.797. The number of ether oxygens (including phenoxy) is 1. The van der Waals surface area contributed by atoms with Crippen molar-refractivity contribution in [3.63, 3.8) is 0 Å². The Kier molecular flexibility index (Phi) is 7.00. The van der Waals surface area contributed by atoms with Gasteiger partial charge in [0.05, 0.1) is 12.2 Å². The van der Waals surface area contributed by atoms with Crippen molar-refractivity contribution in [2.75, 3.05) is 33.2 Å². The lowest BCUT2D eigenvalue weighted by molar-refractivity contribution is -0.167. The summed E-state index contributed by atoms with van der Waals surface area (Å²) in [5, 5.41) is 10.2. The van der Waals surface area contributed by atoms with E-state index in [4.69, 9.17) is 4.74 Å². The zero-order valence-corrected chi connectivity index (χ0v) is 15.7. The Morgan fingerprint density at radius 3 is 2.85 bits per heavy atom. The van der Waals surface area contributed by atoms with Crippen molar-refractivity contribution >= 4 is 5.91 Å². The second kappa shape index (κ2) is 9.44. The van der Waals surface area contributed by atoms with Crippen LogP contribution in [0.15, 0.2) is 24.4 Å². The summed E-state index contributed by atoms with van der Waals surface area (Å²) >= 11 is 0. The number of aliphatic hydroxyl groups excluding tert-OH is 1. The third-order valence-electron chi connectivity index (χ3n) is 5.44. The predicted octanol–water partition coefficient (Wildman–Crippen LogP) is 1.48. The van der Waals surface area contributed by atoms with Crippen LogP contribution in [0.25, 0.3) is 0 Å². The number of hydrogen-bond acceptors (Lipinski definition) is 5. The van der Waals surface area contributed by atoms with Gasteiger partial charge in [0.15, 0.2) is 6.10 Å². The summed E-state index contributed by atoms with van der Waals surface area (Å²) in [7, 11) is 2.10. The van der Waals surface area contributed by atoms with Gasteiger partial charge < -0.3 is 19.6 Å². The van der Waals surface area contributed by atoms with Crippen LogP contribution >= 0.6 is 0 Å². The van der Waals surface area contributed by atoms with Crippen molar-refractivity contribution in [2.45, 2.75) is 56.8 Å². The summed E-state index contributed by atoms with van der Waals surface area (Å²) in [6.07, 6.45) is 5.92. The first-order chi connectivity index (χ1) is 12.6. The van der Waals surface area contributed by atoms with Crippen LogP contribution in [-0.4, -0.2) is 77.3 Å². The minimum atomic E-state index is -0.675. The monoisotopic (exact) mass is 361 g/mol. The fraction of sp³-hybridized carbons (Fsp3) is 0.700. The van der Waals surface area contributed by atoms with E-state index in [-0.39, 0.29) is 12.0 Å². The highest BCUT2D eigenvalue weighted by molar-refractivity contribution is 5.82. The molecular weight excluding hydrogens is 330 g/mol. The van der Waals surface area contributed by atoms with Crippen LogP contribution in [0.3, 0.4) is 0 Å². The molecular formula is C20H31N3O3. The number of hydrogen-bond donors (Lipinski definition) is 1. The Bertz CT molecular complexity index is 563. The molecule has 1 aromatic heterocycles. The fourth-order valence-electron chi connectivity index (χ4n) is 3.75. The highest BCUT2D eigenvalue weighted by Crippen LogP contribution is 2.24. The highest BCUT2D eigenvalue weighted by Gasteiger charge is 2.37. The molecule has 3 atom stereocenters. The molecule has 1 N–H and O–H groups in total. The third kappa shape index (κ3) is 5.25. The summed E-state index contributed by atoms with van der Waals surface area (Å²) in [6.45, 7) is 3.46. The molecule has 0 radical (unpaired) electrons. The maximum Gasteiger partial charge on any atom is 0.254 e. The lowest BCUT2D eigenvalue weighted by Gasteiger charge is -2.35. The number of carbonyl (C=O) groups excluding carboxylic acids is 1. The van der Waals surface area contributed by atoms with E-state index >= 15 is 0 Å². The van der Waals surface area contributed by atoms with Gasteiger partial charge in [0, 0.05) is 44.5 Å². The van der Waals surface area contributed by atoms with Crippen LogP contribution in [0.1, 0.15) is 37.8 Å². The highest BCUT2D eigenvalue weighted by atomic mass is 16.5. The van der Waals surface area contributed by atoms with E-state index in [1.165, 1.54) is 0 Å². The number of pyridine rings is 1. The molecule has 2 saturated heterocycles. The third-order valence-corrected chi connectivity index (χ3v) is 5.44. The molecule has 0 aliphatic carbocycles. The van der Waals surface area contributed by atoms with Crippen molar-refractivity contribution in [3.05, 3.63) is 30.1 Å². The van der Waals surface area contributed by atoms with Gasteiger partial charge >= 0.3 is 0 Å². The SMILES string of the molecule is CN(CCc1ccccn1)CC[C@H]1CC[C@H](O)[C@@H](C(=O)N2CCCC2)O1. The number of nitrogens with zero attached hydrogens (tertiary/aromatic N) is 3. The van der Waals surface area contributed by atoms with Crippen molar-refractivity contribution in [2.24, 2.45) is 0 Å². The predicted molar refractivity (Wildman–Crippen MR) is 99.8 cm³/mol. The van der Waals surface area contributed by atoms with Crippen LogP contribution in [0.2, 0.25) is 0 Å². The maximum atomic E-state index is 12.6. The Morgan fingerprint density at radius 1 is 1.31 bits per heavy atom. The summed E-state index contributed by atoms with van der Waals surface area (Å²) in [5.74, 6) is -0.0248. The molecule has 0 spiro atoms. The molecule has 2 aliphatic rings. The molecule has 1 aromatic rings. The van der Waals surface area contributed by atoms with E-state index < -0.39 is 12.2 Å². The maximum absolute atomic E-state index is 12.6.